The van der Waals surface area contributed by atoms with Crippen molar-refractivity contribution in [3.63, 3.8) is 0 Å². The summed E-state index contributed by atoms with van der Waals surface area (Å²) in [4.78, 5) is 0. The summed E-state index contributed by atoms with van der Waals surface area (Å²) < 4.78 is 13.8. The lowest BCUT2D eigenvalue weighted by Crippen LogP contribution is -2.29. The molecule has 0 amide bonds. The van der Waals surface area contributed by atoms with Gasteiger partial charge in [-0.2, -0.15) is 0 Å². The van der Waals surface area contributed by atoms with Crippen LogP contribution < -0.4 is 5.32 Å². The lowest BCUT2D eigenvalue weighted by molar-refractivity contribution is 0.318. The van der Waals surface area contributed by atoms with Gasteiger partial charge in [-0.05, 0) is 49.4 Å². The lowest BCUT2D eigenvalue weighted by Gasteiger charge is -2.24. The fourth-order valence-electron chi connectivity index (χ4n) is 3.24. The van der Waals surface area contributed by atoms with E-state index in [1.165, 1.54) is 25.7 Å². The number of halogens is 1. The van der Waals surface area contributed by atoms with Crippen LogP contribution in [0.1, 0.15) is 44.6 Å². The quantitative estimate of drug-likeness (QED) is 0.728. The molecule has 1 unspecified atom stereocenters. The van der Waals surface area contributed by atoms with Gasteiger partial charge in [-0.25, -0.2) is 4.39 Å². The van der Waals surface area contributed by atoms with Gasteiger partial charge in [0.1, 0.15) is 5.82 Å². The maximum absolute atomic E-state index is 13.8. The van der Waals surface area contributed by atoms with Crippen molar-refractivity contribution in [3.05, 3.63) is 35.6 Å². The molecule has 2 rings (SSSR count). The zero-order valence-corrected chi connectivity index (χ0v) is 12.0. The van der Waals surface area contributed by atoms with E-state index in [0.717, 1.165) is 37.4 Å². The largest absolute Gasteiger partial charge is 0.316 e. The first-order valence-electron chi connectivity index (χ1n) is 7.75. The Bertz CT molecular complexity index is 371. The van der Waals surface area contributed by atoms with Crippen molar-refractivity contribution in [1.29, 1.82) is 0 Å². The molecule has 106 valence electrons. The van der Waals surface area contributed by atoms with Crippen molar-refractivity contribution >= 4 is 0 Å². The minimum atomic E-state index is -0.0408. The third-order valence-corrected chi connectivity index (χ3v) is 4.34. The van der Waals surface area contributed by atoms with Crippen LogP contribution in [0.15, 0.2) is 24.3 Å². The van der Waals surface area contributed by atoms with Crippen LogP contribution in [-0.2, 0) is 6.42 Å². The Labute approximate surface area is 116 Å². The second kappa shape index (κ2) is 7.64. The highest BCUT2D eigenvalue weighted by Crippen LogP contribution is 2.33. The number of nitrogens with one attached hydrogen (secondary N) is 1. The molecule has 1 aliphatic rings. The van der Waals surface area contributed by atoms with Gasteiger partial charge in [-0.3, -0.25) is 0 Å². The van der Waals surface area contributed by atoms with Gasteiger partial charge >= 0.3 is 0 Å². The second-order valence-electron chi connectivity index (χ2n) is 5.80. The highest BCUT2D eigenvalue weighted by atomic mass is 19.1. The highest BCUT2D eigenvalue weighted by molar-refractivity contribution is 5.18. The third kappa shape index (κ3) is 4.31. The smallest absolute Gasteiger partial charge is 0.126 e. The molecule has 0 radical (unpaired) electrons. The normalized spacial score (nSPS) is 17.8. The number of benzene rings is 1. The van der Waals surface area contributed by atoms with Crippen LogP contribution in [0, 0.1) is 17.7 Å². The third-order valence-electron chi connectivity index (χ3n) is 4.34. The van der Waals surface area contributed by atoms with Gasteiger partial charge in [0.25, 0.3) is 0 Å². The van der Waals surface area contributed by atoms with Crippen LogP contribution in [0.25, 0.3) is 0 Å². The van der Waals surface area contributed by atoms with Crippen LogP contribution in [0.5, 0.6) is 0 Å². The van der Waals surface area contributed by atoms with Gasteiger partial charge in [-0.15, -0.1) is 0 Å². The molecule has 19 heavy (non-hydrogen) atoms. The Morgan fingerprint density at radius 1 is 1.26 bits per heavy atom. The average molecular weight is 263 g/mol. The van der Waals surface area contributed by atoms with Gasteiger partial charge in [0, 0.05) is 0 Å². The SMILES string of the molecule is CCCNCC(Cc1ccccc1F)C1CCCC1. The van der Waals surface area contributed by atoms with E-state index in [1.807, 2.05) is 12.1 Å². The molecule has 0 spiro atoms. The Morgan fingerprint density at radius 3 is 2.68 bits per heavy atom. The van der Waals surface area contributed by atoms with Crippen LogP contribution in [0.4, 0.5) is 4.39 Å². The summed E-state index contributed by atoms with van der Waals surface area (Å²) in [6, 6.07) is 7.25. The number of hydrogen-bond donors (Lipinski definition) is 1. The van der Waals surface area contributed by atoms with Gasteiger partial charge in [-0.1, -0.05) is 50.8 Å². The highest BCUT2D eigenvalue weighted by Gasteiger charge is 2.25. The van der Waals surface area contributed by atoms with E-state index < -0.39 is 0 Å². The first-order chi connectivity index (χ1) is 9.31. The van der Waals surface area contributed by atoms with E-state index in [2.05, 4.69) is 12.2 Å². The van der Waals surface area contributed by atoms with Crippen molar-refractivity contribution < 1.29 is 4.39 Å². The first-order valence-corrected chi connectivity index (χ1v) is 7.75. The summed E-state index contributed by atoms with van der Waals surface area (Å²) in [6.07, 6.45) is 7.41. The van der Waals surface area contributed by atoms with E-state index in [0.29, 0.717) is 5.92 Å². The van der Waals surface area contributed by atoms with Gasteiger partial charge < -0.3 is 5.32 Å². The minimum absolute atomic E-state index is 0.0408. The summed E-state index contributed by atoms with van der Waals surface area (Å²) in [5.74, 6) is 1.33. The molecule has 1 saturated carbocycles. The molecule has 1 aromatic rings. The average Bonchev–Trinajstić information content (AvgIpc) is 2.94. The van der Waals surface area contributed by atoms with Crippen LogP contribution in [-0.4, -0.2) is 13.1 Å². The molecule has 1 aromatic carbocycles. The van der Waals surface area contributed by atoms with Crippen molar-refractivity contribution in [2.75, 3.05) is 13.1 Å². The lowest BCUT2D eigenvalue weighted by atomic mass is 9.85. The van der Waals surface area contributed by atoms with Crippen LogP contribution in [0.2, 0.25) is 0 Å². The molecule has 1 N–H and O–H groups in total. The molecule has 0 aliphatic heterocycles. The summed E-state index contributed by atoms with van der Waals surface area (Å²) in [6.45, 7) is 4.29. The maximum atomic E-state index is 13.8. The Hall–Kier alpha value is -0.890. The molecular formula is C17H26FN. The first kappa shape index (κ1) is 14.5. The molecule has 0 heterocycles. The van der Waals surface area contributed by atoms with Crippen LogP contribution >= 0.6 is 0 Å². The van der Waals surface area contributed by atoms with E-state index in [9.17, 15) is 4.39 Å². The topological polar surface area (TPSA) is 12.0 Å². The molecule has 1 atom stereocenters. The van der Waals surface area contributed by atoms with E-state index in [1.54, 1.807) is 12.1 Å². The Balaban J connectivity index is 1.98. The molecule has 1 fully saturated rings. The monoisotopic (exact) mass is 263 g/mol. The van der Waals surface area contributed by atoms with Gasteiger partial charge in [0.2, 0.25) is 0 Å². The Kier molecular flexibility index (Phi) is 5.84. The summed E-state index contributed by atoms with van der Waals surface area (Å²) >= 11 is 0. The standard InChI is InChI=1S/C17H26FN/c1-2-11-19-13-16(14-7-3-4-8-14)12-15-9-5-6-10-17(15)18/h5-6,9-10,14,16,19H,2-4,7-8,11-13H2,1H3. The zero-order valence-electron chi connectivity index (χ0n) is 12.0. The van der Waals surface area contributed by atoms with E-state index >= 15 is 0 Å². The van der Waals surface area contributed by atoms with E-state index in [4.69, 9.17) is 0 Å². The molecule has 0 bridgehead atoms. The predicted octanol–water partition coefficient (Wildman–Crippen LogP) is 4.17. The fraction of sp³-hybridized carbons (Fsp3) is 0.647. The number of rotatable bonds is 7. The van der Waals surface area contributed by atoms with Crippen molar-refractivity contribution in [2.45, 2.75) is 45.4 Å². The van der Waals surface area contributed by atoms with Gasteiger partial charge in [0.15, 0.2) is 0 Å². The minimum Gasteiger partial charge on any atom is -0.316 e. The summed E-state index contributed by atoms with van der Waals surface area (Å²) in [7, 11) is 0. The maximum Gasteiger partial charge on any atom is 0.126 e. The van der Waals surface area contributed by atoms with Gasteiger partial charge in [0.05, 0.1) is 0 Å². The Morgan fingerprint density at radius 2 is 2.00 bits per heavy atom. The summed E-state index contributed by atoms with van der Waals surface area (Å²) in [5, 5.41) is 3.53. The van der Waals surface area contributed by atoms with Crippen molar-refractivity contribution in [2.24, 2.45) is 11.8 Å². The zero-order chi connectivity index (χ0) is 13.5. The van der Waals surface area contributed by atoms with Crippen molar-refractivity contribution in [3.8, 4) is 0 Å². The molecule has 1 aliphatic carbocycles. The van der Waals surface area contributed by atoms with Crippen molar-refractivity contribution in [1.82, 2.24) is 5.32 Å². The molecule has 2 heteroatoms. The predicted molar refractivity (Wildman–Crippen MR) is 78.7 cm³/mol. The molecule has 1 nitrogen and oxygen atoms in total. The van der Waals surface area contributed by atoms with Crippen LogP contribution in [0.3, 0.4) is 0 Å². The summed E-state index contributed by atoms with van der Waals surface area (Å²) in [5.41, 5.74) is 0.887. The molecular weight excluding hydrogens is 237 g/mol. The fourth-order valence-corrected chi connectivity index (χ4v) is 3.24. The molecule has 0 aromatic heterocycles. The number of hydrogen-bond acceptors (Lipinski definition) is 1. The molecule has 0 saturated heterocycles. The van der Waals surface area contributed by atoms with E-state index in [-0.39, 0.29) is 5.82 Å². The second-order valence-corrected chi connectivity index (χ2v) is 5.80.